The number of ether oxygens (including phenoxy) is 1. The van der Waals surface area contributed by atoms with Crippen LogP contribution in [0.2, 0.25) is 0 Å². The minimum Gasteiger partial charge on any atom is -0.465 e. The van der Waals surface area contributed by atoms with Crippen LogP contribution in [0.4, 0.5) is 0 Å². The van der Waals surface area contributed by atoms with Gasteiger partial charge in [0, 0.05) is 28.1 Å². The van der Waals surface area contributed by atoms with Crippen molar-refractivity contribution in [2.75, 3.05) is 12.9 Å². The van der Waals surface area contributed by atoms with Crippen LogP contribution in [0.15, 0.2) is 87.8 Å². The molecular formula is C24H19BrN6O3S. The Bertz CT molecular complexity index is 1340. The van der Waals surface area contributed by atoms with Crippen LogP contribution >= 0.6 is 27.7 Å². The number of nitrogens with zero attached hydrogens (tertiary/aromatic N) is 5. The lowest BCUT2D eigenvalue weighted by atomic mass is 10.1. The first-order chi connectivity index (χ1) is 17.0. The van der Waals surface area contributed by atoms with Crippen LogP contribution in [-0.4, -0.2) is 50.7 Å². The van der Waals surface area contributed by atoms with Gasteiger partial charge in [0.1, 0.15) is 0 Å². The number of amides is 1. The molecule has 9 nitrogen and oxygen atoms in total. The number of hydrogen-bond acceptors (Lipinski definition) is 8. The van der Waals surface area contributed by atoms with E-state index >= 15 is 0 Å². The number of aromatic nitrogens is 4. The van der Waals surface area contributed by atoms with Gasteiger partial charge in [0.2, 0.25) is 0 Å². The number of carbonyl (C=O) groups is 2. The molecule has 4 aromatic rings. The molecule has 4 rings (SSSR count). The highest BCUT2D eigenvalue weighted by molar-refractivity contribution is 9.10. The highest BCUT2D eigenvalue weighted by atomic mass is 79.9. The third-order valence-electron chi connectivity index (χ3n) is 4.72. The van der Waals surface area contributed by atoms with Crippen molar-refractivity contribution in [1.29, 1.82) is 0 Å². The molecule has 0 unspecified atom stereocenters. The van der Waals surface area contributed by atoms with E-state index in [2.05, 4.69) is 46.4 Å². The number of benzene rings is 2. The topological polar surface area (TPSA) is 111 Å². The van der Waals surface area contributed by atoms with Crippen LogP contribution in [0.25, 0.3) is 17.1 Å². The normalized spacial score (nSPS) is 10.9. The summed E-state index contributed by atoms with van der Waals surface area (Å²) in [6.07, 6.45) is 4.88. The summed E-state index contributed by atoms with van der Waals surface area (Å²) >= 11 is 4.70. The summed E-state index contributed by atoms with van der Waals surface area (Å²) in [7, 11) is 1.33. The number of halogens is 1. The molecule has 1 N–H and O–H groups in total. The number of methoxy groups -OCH3 is 1. The average molecular weight is 551 g/mol. The predicted molar refractivity (Wildman–Crippen MR) is 137 cm³/mol. The largest absolute Gasteiger partial charge is 0.465 e. The number of rotatable bonds is 8. The second-order valence-corrected chi connectivity index (χ2v) is 8.91. The van der Waals surface area contributed by atoms with E-state index in [1.807, 2.05) is 41.0 Å². The smallest absolute Gasteiger partial charge is 0.337 e. The Hall–Kier alpha value is -3.83. The molecular weight excluding hydrogens is 532 g/mol. The molecule has 35 heavy (non-hydrogen) atoms. The van der Waals surface area contributed by atoms with E-state index in [1.165, 1.54) is 25.1 Å². The van der Waals surface area contributed by atoms with E-state index in [0.717, 1.165) is 21.3 Å². The van der Waals surface area contributed by atoms with Gasteiger partial charge in [0.15, 0.2) is 11.0 Å². The second-order valence-electron chi connectivity index (χ2n) is 7.05. The van der Waals surface area contributed by atoms with Gasteiger partial charge in [-0.1, -0.05) is 39.8 Å². The van der Waals surface area contributed by atoms with Gasteiger partial charge in [-0.15, -0.1) is 10.2 Å². The number of carbonyl (C=O) groups excluding carboxylic acids is 2. The van der Waals surface area contributed by atoms with E-state index in [9.17, 15) is 9.59 Å². The lowest BCUT2D eigenvalue weighted by Gasteiger charge is -2.10. The van der Waals surface area contributed by atoms with Crippen molar-refractivity contribution in [2.24, 2.45) is 5.10 Å². The number of nitrogens with one attached hydrogen (secondary N) is 1. The van der Waals surface area contributed by atoms with E-state index < -0.39 is 5.97 Å². The fourth-order valence-corrected chi connectivity index (χ4v) is 4.05. The molecule has 0 aliphatic rings. The van der Waals surface area contributed by atoms with Crippen molar-refractivity contribution < 1.29 is 14.3 Å². The zero-order valence-electron chi connectivity index (χ0n) is 18.5. The van der Waals surface area contributed by atoms with E-state index in [0.29, 0.717) is 16.5 Å². The Morgan fingerprint density at radius 2 is 1.77 bits per heavy atom. The van der Waals surface area contributed by atoms with Gasteiger partial charge in [0.05, 0.1) is 24.6 Å². The molecule has 0 fully saturated rings. The fourth-order valence-electron chi connectivity index (χ4n) is 3.04. The highest BCUT2D eigenvalue weighted by Crippen LogP contribution is 2.28. The SMILES string of the molecule is COC(=O)c1ccc(/C=N\NC(=O)CSc2nnc(-c3ccncc3)n2-c2ccc(Br)cc2)cc1. The standard InChI is InChI=1S/C24H19BrN6O3S/c1-34-23(33)18-4-2-16(3-5-18)14-27-28-21(32)15-35-24-30-29-22(17-10-12-26-13-11-17)31(24)20-8-6-19(25)7-9-20/h2-14H,15H2,1H3,(H,28,32)/b27-14-. The lowest BCUT2D eigenvalue weighted by Crippen LogP contribution is -2.20. The highest BCUT2D eigenvalue weighted by Gasteiger charge is 2.17. The van der Waals surface area contributed by atoms with E-state index in [1.54, 1.807) is 36.7 Å². The van der Waals surface area contributed by atoms with Gasteiger partial charge in [-0.2, -0.15) is 5.10 Å². The molecule has 11 heteroatoms. The van der Waals surface area contributed by atoms with Crippen molar-refractivity contribution in [2.45, 2.75) is 5.16 Å². The van der Waals surface area contributed by atoms with Gasteiger partial charge in [0.25, 0.3) is 5.91 Å². The molecule has 2 aromatic carbocycles. The zero-order chi connectivity index (χ0) is 24.6. The van der Waals surface area contributed by atoms with Gasteiger partial charge >= 0.3 is 5.97 Å². The number of esters is 1. The molecule has 1 amide bonds. The Kier molecular flexibility index (Phi) is 8.01. The van der Waals surface area contributed by atoms with Crippen LogP contribution in [0.1, 0.15) is 15.9 Å². The first-order valence-electron chi connectivity index (χ1n) is 10.3. The summed E-state index contributed by atoms with van der Waals surface area (Å²) in [5, 5.41) is 13.2. The monoisotopic (exact) mass is 550 g/mol. The molecule has 2 heterocycles. The molecule has 0 spiro atoms. The summed E-state index contributed by atoms with van der Waals surface area (Å²) in [5.41, 5.74) is 5.38. The molecule has 0 saturated heterocycles. The molecule has 0 bridgehead atoms. The quantitative estimate of drug-likeness (QED) is 0.152. The van der Waals surface area contributed by atoms with Crippen molar-refractivity contribution in [1.82, 2.24) is 25.2 Å². The molecule has 0 saturated carbocycles. The van der Waals surface area contributed by atoms with E-state index in [4.69, 9.17) is 0 Å². The Morgan fingerprint density at radius 1 is 1.06 bits per heavy atom. The number of pyridine rings is 1. The minimum atomic E-state index is -0.415. The van der Waals surface area contributed by atoms with Crippen molar-refractivity contribution in [3.63, 3.8) is 0 Å². The molecule has 176 valence electrons. The summed E-state index contributed by atoms with van der Waals surface area (Å²) in [4.78, 5) is 27.9. The maximum Gasteiger partial charge on any atom is 0.337 e. The predicted octanol–water partition coefficient (Wildman–Crippen LogP) is 4.12. The first kappa shape index (κ1) is 24.3. The molecule has 0 aliphatic heterocycles. The number of hydrogen-bond donors (Lipinski definition) is 1. The average Bonchev–Trinajstić information content (AvgIpc) is 3.32. The third kappa shape index (κ3) is 6.19. The van der Waals surface area contributed by atoms with Crippen LogP contribution in [-0.2, 0) is 9.53 Å². The minimum absolute atomic E-state index is 0.0869. The first-order valence-corrected chi connectivity index (χ1v) is 12.1. The van der Waals surface area contributed by atoms with Crippen molar-refractivity contribution >= 4 is 45.8 Å². The van der Waals surface area contributed by atoms with E-state index in [-0.39, 0.29) is 11.7 Å². The summed E-state index contributed by atoms with van der Waals surface area (Å²) in [5.74, 6) is 0.0186. The second kappa shape index (κ2) is 11.5. The summed E-state index contributed by atoms with van der Waals surface area (Å²) < 4.78 is 7.52. The van der Waals surface area contributed by atoms with Crippen molar-refractivity contribution in [3.05, 3.63) is 88.7 Å². The third-order valence-corrected chi connectivity index (χ3v) is 6.18. The lowest BCUT2D eigenvalue weighted by molar-refractivity contribution is -0.118. The number of thioether (sulfide) groups is 1. The Balaban J connectivity index is 1.44. The maximum atomic E-state index is 12.4. The Labute approximate surface area is 213 Å². The van der Waals surface area contributed by atoms with Gasteiger partial charge in [-0.3, -0.25) is 14.3 Å². The van der Waals surface area contributed by atoms with Crippen LogP contribution < -0.4 is 5.43 Å². The van der Waals surface area contributed by atoms with Crippen LogP contribution in [0, 0.1) is 0 Å². The zero-order valence-corrected chi connectivity index (χ0v) is 20.9. The number of hydrazone groups is 1. The molecule has 2 aromatic heterocycles. The van der Waals surface area contributed by atoms with Gasteiger partial charge in [-0.25, -0.2) is 10.2 Å². The maximum absolute atomic E-state index is 12.4. The Morgan fingerprint density at radius 3 is 2.46 bits per heavy atom. The van der Waals surface area contributed by atoms with Gasteiger partial charge < -0.3 is 4.74 Å². The summed E-state index contributed by atoms with van der Waals surface area (Å²) in [6, 6.07) is 18.1. The molecule has 0 radical (unpaired) electrons. The fraction of sp³-hybridized carbons (Fsp3) is 0.0833. The molecule has 0 aliphatic carbocycles. The van der Waals surface area contributed by atoms with Crippen LogP contribution in [0.3, 0.4) is 0 Å². The molecule has 0 atom stereocenters. The van der Waals surface area contributed by atoms with Gasteiger partial charge in [-0.05, 0) is 54.1 Å². The van der Waals surface area contributed by atoms with Crippen LogP contribution in [0.5, 0.6) is 0 Å². The van der Waals surface area contributed by atoms with Crippen molar-refractivity contribution in [3.8, 4) is 17.1 Å². The summed E-state index contributed by atoms with van der Waals surface area (Å²) in [6.45, 7) is 0.